The maximum atomic E-state index is 11.5. The van der Waals surface area contributed by atoms with E-state index in [2.05, 4.69) is 10.3 Å². The van der Waals surface area contributed by atoms with E-state index in [9.17, 15) is 13.2 Å². The number of hydrogen-bond donors (Lipinski definition) is 2. The van der Waals surface area contributed by atoms with Gasteiger partial charge in [0.2, 0.25) is 5.91 Å². The maximum Gasteiger partial charge on any atom is 0.241 e. The Labute approximate surface area is 104 Å². The van der Waals surface area contributed by atoms with Gasteiger partial charge in [0.15, 0.2) is 15.0 Å². The summed E-state index contributed by atoms with van der Waals surface area (Å²) in [5.41, 5.74) is 5.27. The van der Waals surface area contributed by atoms with Crippen molar-refractivity contribution in [2.24, 2.45) is 5.73 Å². The lowest BCUT2D eigenvalue weighted by atomic mass is 10.3. The third-order valence-electron chi connectivity index (χ3n) is 1.94. The first-order valence-electron chi connectivity index (χ1n) is 5.13. The van der Waals surface area contributed by atoms with Crippen molar-refractivity contribution >= 4 is 32.2 Å². The Morgan fingerprint density at radius 3 is 2.82 bits per heavy atom. The molecule has 1 amide bonds. The fourth-order valence-electron chi connectivity index (χ4n) is 1.18. The van der Waals surface area contributed by atoms with Crippen molar-refractivity contribution in [2.75, 3.05) is 23.4 Å². The number of aromatic nitrogens is 1. The van der Waals surface area contributed by atoms with Gasteiger partial charge in [-0.15, -0.1) is 11.3 Å². The average molecular weight is 277 g/mol. The largest absolute Gasteiger partial charge is 0.330 e. The molecule has 0 spiro atoms. The highest BCUT2D eigenvalue weighted by Gasteiger charge is 2.16. The highest BCUT2D eigenvalue weighted by molar-refractivity contribution is 7.92. The maximum absolute atomic E-state index is 11.5. The Balaban J connectivity index is 2.39. The second-order valence-electron chi connectivity index (χ2n) is 3.47. The molecule has 96 valence electrons. The number of nitrogens with zero attached hydrogens (tertiary/aromatic N) is 1. The Kier molecular flexibility index (Phi) is 5.52. The van der Waals surface area contributed by atoms with E-state index < -0.39 is 21.5 Å². The molecule has 0 fully saturated rings. The number of rotatable bonds is 7. The average Bonchev–Trinajstić information content (AvgIpc) is 2.69. The number of carbonyl (C=O) groups is 1. The Morgan fingerprint density at radius 2 is 2.24 bits per heavy atom. The normalized spacial score (nSPS) is 11.4. The number of thiazole rings is 1. The number of amides is 1. The van der Waals surface area contributed by atoms with E-state index in [4.69, 9.17) is 5.73 Å². The van der Waals surface area contributed by atoms with Crippen LogP contribution in [-0.4, -0.2) is 37.4 Å². The fraction of sp³-hybridized carbons (Fsp3) is 0.556. The van der Waals surface area contributed by atoms with E-state index in [1.54, 1.807) is 5.38 Å². The molecule has 0 atom stereocenters. The molecule has 1 aromatic heterocycles. The van der Waals surface area contributed by atoms with Crippen LogP contribution in [0.1, 0.15) is 12.8 Å². The standard InChI is InChI=1S/C9H15N3O3S2/c10-3-1-2-6-17(14,15)7-8(13)12-9-11-4-5-16-9/h4-5H,1-3,6-7,10H2,(H,11,12,13). The van der Waals surface area contributed by atoms with Gasteiger partial charge in [0.25, 0.3) is 0 Å². The van der Waals surface area contributed by atoms with Gasteiger partial charge in [-0.3, -0.25) is 4.79 Å². The number of anilines is 1. The minimum atomic E-state index is -3.35. The third kappa shape index (κ3) is 5.76. The van der Waals surface area contributed by atoms with Crippen molar-refractivity contribution in [1.29, 1.82) is 0 Å². The first-order valence-corrected chi connectivity index (χ1v) is 7.83. The van der Waals surface area contributed by atoms with E-state index >= 15 is 0 Å². The van der Waals surface area contributed by atoms with Gasteiger partial charge in [0.1, 0.15) is 5.75 Å². The SMILES string of the molecule is NCCCCS(=O)(=O)CC(=O)Nc1nccs1. The molecule has 0 unspecified atom stereocenters. The van der Waals surface area contributed by atoms with Crippen molar-refractivity contribution in [3.05, 3.63) is 11.6 Å². The molecule has 0 aliphatic heterocycles. The number of nitrogens with one attached hydrogen (secondary N) is 1. The topological polar surface area (TPSA) is 102 Å². The van der Waals surface area contributed by atoms with Gasteiger partial charge in [-0.25, -0.2) is 13.4 Å². The molecular formula is C9H15N3O3S2. The smallest absolute Gasteiger partial charge is 0.241 e. The fourth-order valence-corrected chi connectivity index (χ4v) is 2.98. The minimum Gasteiger partial charge on any atom is -0.330 e. The van der Waals surface area contributed by atoms with Crippen LogP contribution in [0.15, 0.2) is 11.6 Å². The van der Waals surface area contributed by atoms with E-state index in [0.29, 0.717) is 24.5 Å². The van der Waals surface area contributed by atoms with Crippen molar-refractivity contribution in [3.8, 4) is 0 Å². The molecule has 0 saturated heterocycles. The molecule has 1 rings (SSSR count). The van der Waals surface area contributed by atoms with Gasteiger partial charge in [-0.05, 0) is 19.4 Å². The summed E-state index contributed by atoms with van der Waals surface area (Å²) in [4.78, 5) is 15.2. The van der Waals surface area contributed by atoms with Crippen molar-refractivity contribution in [1.82, 2.24) is 4.98 Å². The molecular weight excluding hydrogens is 262 g/mol. The lowest BCUT2D eigenvalue weighted by Crippen LogP contribution is -2.24. The van der Waals surface area contributed by atoms with Gasteiger partial charge in [0, 0.05) is 11.6 Å². The van der Waals surface area contributed by atoms with Crippen LogP contribution < -0.4 is 11.1 Å². The predicted molar refractivity (Wildman–Crippen MR) is 67.7 cm³/mol. The molecule has 3 N–H and O–H groups in total. The number of nitrogens with two attached hydrogens (primary N) is 1. The van der Waals surface area contributed by atoms with Crippen LogP contribution in [0.25, 0.3) is 0 Å². The van der Waals surface area contributed by atoms with Gasteiger partial charge >= 0.3 is 0 Å². The van der Waals surface area contributed by atoms with Crippen LogP contribution in [-0.2, 0) is 14.6 Å². The number of sulfone groups is 1. The molecule has 0 saturated carbocycles. The summed E-state index contributed by atoms with van der Waals surface area (Å²) in [6.07, 6.45) is 2.67. The Hall–Kier alpha value is -0.990. The lowest BCUT2D eigenvalue weighted by molar-refractivity contribution is -0.113. The van der Waals surface area contributed by atoms with Gasteiger partial charge < -0.3 is 11.1 Å². The second kappa shape index (κ2) is 6.67. The quantitative estimate of drug-likeness (QED) is 0.695. The highest BCUT2D eigenvalue weighted by atomic mass is 32.2. The minimum absolute atomic E-state index is 0.00448. The zero-order valence-corrected chi connectivity index (χ0v) is 10.9. The van der Waals surface area contributed by atoms with Crippen LogP contribution >= 0.6 is 11.3 Å². The Bertz CT molecular complexity index is 442. The molecule has 1 heterocycles. The Morgan fingerprint density at radius 1 is 1.47 bits per heavy atom. The molecule has 0 radical (unpaired) electrons. The van der Waals surface area contributed by atoms with Crippen LogP contribution in [0.4, 0.5) is 5.13 Å². The molecule has 0 aliphatic carbocycles. The van der Waals surface area contributed by atoms with Crippen molar-refractivity contribution in [3.63, 3.8) is 0 Å². The molecule has 0 aromatic carbocycles. The third-order valence-corrected chi connectivity index (χ3v) is 4.24. The van der Waals surface area contributed by atoms with Crippen LogP contribution in [0, 0.1) is 0 Å². The van der Waals surface area contributed by atoms with Crippen molar-refractivity contribution in [2.45, 2.75) is 12.8 Å². The van der Waals surface area contributed by atoms with Gasteiger partial charge in [-0.1, -0.05) is 0 Å². The van der Waals surface area contributed by atoms with Crippen LogP contribution in [0.5, 0.6) is 0 Å². The number of carbonyl (C=O) groups excluding carboxylic acids is 1. The second-order valence-corrected chi connectivity index (χ2v) is 6.55. The summed E-state index contributed by atoms with van der Waals surface area (Å²) < 4.78 is 23.1. The summed E-state index contributed by atoms with van der Waals surface area (Å²) in [5.74, 6) is -1.06. The molecule has 8 heteroatoms. The summed E-state index contributed by atoms with van der Waals surface area (Å²) in [5, 5.41) is 4.54. The van der Waals surface area contributed by atoms with Crippen molar-refractivity contribution < 1.29 is 13.2 Å². The summed E-state index contributed by atoms with van der Waals surface area (Å²) in [6.45, 7) is 0.459. The molecule has 6 nitrogen and oxygen atoms in total. The molecule has 0 bridgehead atoms. The summed E-state index contributed by atoms with van der Waals surface area (Å²) >= 11 is 1.24. The number of hydrogen-bond acceptors (Lipinski definition) is 6. The first-order chi connectivity index (χ1) is 8.03. The van der Waals surface area contributed by atoms with E-state index in [0.717, 1.165) is 0 Å². The summed E-state index contributed by atoms with van der Waals surface area (Å²) in [6, 6.07) is 0. The predicted octanol–water partition coefficient (Wildman–Crippen LogP) is 0.235. The molecule has 1 aromatic rings. The zero-order valence-electron chi connectivity index (χ0n) is 9.26. The highest BCUT2D eigenvalue weighted by Crippen LogP contribution is 2.10. The lowest BCUT2D eigenvalue weighted by Gasteiger charge is -2.03. The summed E-state index contributed by atoms with van der Waals surface area (Å²) in [7, 11) is -3.35. The zero-order chi connectivity index (χ0) is 12.7. The molecule has 17 heavy (non-hydrogen) atoms. The van der Waals surface area contributed by atoms with Gasteiger partial charge in [0.05, 0.1) is 5.75 Å². The van der Waals surface area contributed by atoms with Crippen LogP contribution in [0.3, 0.4) is 0 Å². The van der Waals surface area contributed by atoms with Crippen LogP contribution in [0.2, 0.25) is 0 Å². The van der Waals surface area contributed by atoms with E-state index in [1.807, 2.05) is 0 Å². The first kappa shape index (κ1) is 14.1. The van der Waals surface area contributed by atoms with Gasteiger partial charge in [-0.2, -0.15) is 0 Å². The number of unbranched alkanes of at least 4 members (excludes halogenated alkanes) is 1. The van der Waals surface area contributed by atoms with E-state index in [-0.39, 0.29) is 5.75 Å². The van der Waals surface area contributed by atoms with E-state index in [1.165, 1.54) is 17.5 Å². The monoisotopic (exact) mass is 277 g/mol. The molecule has 0 aliphatic rings.